The summed E-state index contributed by atoms with van der Waals surface area (Å²) in [5, 5.41) is 0. The second-order valence-electron chi connectivity index (χ2n) is 6.65. The van der Waals surface area contributed by atoms with E-state index in [1.165, 1.54) is 12.1 Å². The van der Waals surface area contributed by atoms with Crippen LogP contribution in [0.1, 0.15) is 35.2 Å². The van der Waals surface area contributed by atoms with Crippen molar-refractivity contribution in [2.75, 3.05) is 13.2 Å². The summed E-state index contributed by atoms with van der Waals surface area (Å²) in [5.74, 6) is 0.304. The zero-order valence-electron chi connectivity index (χ0n) is 13.9. The van der Waals surface area contributed by atoms with Crippen LogP contribution in [-0.4, -0.2) is 29.7 Å². The number of carbonyl (C=O) groups is 1. The molecular weight excluding hydrogens is 319 g/mol. The Balaban J connectivity index is 1.46. The average Bonchev–Trinajstić information content (AvgIpc) is 3.25. The van der Waals surface area contributed by atoms with E-state index in [1.807, 2.05) is 6.07 Å². The van der Waals surface area contributed by atoms with Crippen molar-refractivity contribution in [2.24, 2.45) is 10.9 Å². The van der Waals surface area contributed by atoms with Crippen LogP contribution in [-0.2, 0) is 22.5 Å². The zero-order valence-corrected chi connectivity index (χ0v) is 13.9. The van der Waals surface area contributed by atoms with Gasteiger partial charge < -0.3 is 4.74 Å². The highest BCUT2D eigenvalue weighted by atomic mass is 19.1. The lowest BCUT2D eigenvalue weighted by Gasteiger charge is -2.08. The summed E-state index contributed by atoms with van der Waals surface area (Å²) in [6, 6.07) is 8.29. The molecule has 3 heterocycles. The number of ketones is 1. The summed E-state index contributed by atoms with van der Waals surface area (Å²) in [7, 11) is 0. The molecule has 2 aliphatic heterocycles. The molecule has 0 bridgehead atoms. The van der Waals surface area contributed by atoms with E-state index < -0.39 is 0 Å². The molecule has 2 aliphatic rings. The van der Waals surface area contributed by atoms with Gasteiger partial charge in [-0.25, -0.2) is 4.39 Å². The standard InChI is InChI=1S/C20H19FN2O2/c21-16-3-1-14(2-4-16)20-19-11-22-17(8-15(19)10-23-20)9-18(24)7-13-5-6-25-12-13/h1-4,8,11,13H,5-7,9-10,12H2. The Morgan fingerprint density at radius 1 is 1.28 bits per heavy atom. The fraction of sp³-hybridized carbons (Fsp3) is 0.350. The van der Waals surface area contributed by atoms with Crippen LogP contribution >= 0.6 is 0 Å². The number of nitrogens with zero attached hydrogens (tertiary/aromatic N) is 2. The van der Waals surface area contributed by atoms with Crippen LogP contribution in [0.3, 0.4) is 0 Å². The fourth-order valence-electron chi connectivity index (χ4n) is 3.43. The van der Waals surface area contributed by atoms with Gasteiger partial charge in [-0.3, -0.25) is 14.8 Å². The molecule has 2 aromatic rings. The van der Waals surface area contributed by atoms with Crippen LogP contribution in [0.2, 0.25) is 0 Å². The number of hydrogen-bond donors (Lipinski definition) is 0. The van der Waals surface area contributed by atoms with Crippen LogP contribution in [0.4, 0.5) is 4.39 Å². The number of hydrogen-bond acceptors (Lipinski definition) is 4. The molecule has 0 aliphatic carbocycles. The van der Waals surface area contributed by atoms with Crippen molar-refractivity contribution in [2.45, 2.75) is 25.8 Å². The predicted octanol–water partition coefficient (Wildman–Crippen LogP) is 3.11. The van der Waals surface area contributed by atoms with Crippen molar-refractivity contribution < 1.29 is 13.9 Å². The van der Waals surface area contributed by atoms with Gasteiger partial charge in [0, 0.05) is 49.1 Å². The third-order valence-corrected chi connectivity index (χ3v) is 4.75. The summed E-state index contributed by atoms with van der Waals surface area (Å²) >= 11 is 0. The maximum absolute atomic E-state index is 13.1. The van der Waals surface area contributed by atoms with Crippen LogP contribution < -0.4 is 0 Å². The maximum atomic E-state index is 13.1. The molecule has 5 heteroatoms. The Hall–Kier alpha value is -2.40. The van der Waals surface area contributed by atoms with E-state index in [0.717, 1.165) is 41.1 Å². The van der Waals surface area contributed by atoms with E-state index in [0.29, 0.717) is 31.9 Å². The highest BCUT2D eigenvalue weighted by molar-refractivity contribution is 6.14. The van der Waals surface area contributed by atoms with Crippen LogP contribution in [0.5, 0.6) is 0 Å². The number of carbonyl (C=O) groups excluding carboxylic acids is 1. The highest BCUT2D eigenvalue weighted by Gasteiger charge is 2.21. The van der Waals surface area contributed by atoms with E-state index in [1.54, 1.807) is 18.3 Å². The number of pyridine rings is 1. The third-order valence-electron chi connectivity index (χ3n) is 4.75. The lowest BCUT2D eigenvalue weighted by Crippen LogP contribution is -2.12. The number of ether oxygens (including phenoxy) is 1. The van der Waals surface area contributed by atoms with Gasteiger partial charge in [-0.2, -0.15) is 0 Å². The summed E-state index contributed by atoms with van der Waals surface area (Å²) in [5.41, 5.74) is 4.54. The van der Waals surface area contributed by atoms with Crippen LogP contribution in [0.15, 0.2) is 41.5 Å². The summed E-state index contributed by atoms with van der Waals surface area (Å²) < 4.78 is 18.4. The Morgan fingerprint density at radius 2 is 2.12 bits per heavy atom. The minimum Gasteiger partial charge on any atom is -0.381 e. The molecule has 0 saturated carbocycles. The van der Waals surface area contributed by atoms with Crippen molar-refractivity contribution >= 4 is 11.5 Å². The first-order chi connectivity index (χ1) is 12.2. The quantitative estimate of drug-likeness (QED) is 0.842. The molecule has 1 unspecified atom stereocenters. The number of fused-ring (bicyclic) bond motifs is 1. The summed E-state index contributed by atoms with van der Waals surface area (Å²) in [4.78, 5) is 21.2. The van der Waals surface area contributed by atoms with Gasteiger partial charge in [0.25, 0.3) is 0 Å². The van der Waals surface area contributed by atoms with Crippen LogP contribution in [0.25, 0.3) is 0 Å². The van der Waals surface area contributed by atoms with Crippen molar-refractivity contribution in [3.05, 3.63) is 64.7 Å². The molecule has 1 aromatic heterocycles. The molecule has 0 spiro atoms. The molecule has 1 fully saturated rings. The van der Waals surface area contributed by atoms with Gasteiger partial charge in [0.1, 0.15) is 11.6 Å². The Labute approximate surface area is 145 Å². The molecular formula is C20H19FN2O2. The highest BCUT2D eigenvalue weighted by Crippen LogP contribution is 2.24. The van der Waals surface area contributed by atoms with Crippen molar-refractivity contribution in [1.82, 2.24) is 4.98 Å². The number of rotatable bonds is 5. The first kappa shape index (κ1) is 16.1. The third kappa shape index (κ3) is 3.51. The van der Waals surface area contributed by atoms with E-state index in [4.69, 9.17) is 4.74 Å². The van der Waals surface area contributed by atoms with E-state index >= 15 is 0 Å². The smallest absolute Gasteiger partial charge is 0.139 e. The van der Waals surface area contributed by atoms with E-state index in [9.17, 15) is 9.18 Å². The molecule has 4 nitrogen and oxygen atoms in total. The molecule has 1 aromatic carbocycles. The number of Topliss-reactive ketones (excluding diaryl/α,β-unsaturated/α-hetero) is 1. The van der Waals surface area contributed by atoms with Gasteiger partial charge in [-0.15, -0.1) is 0 Å². The van der Waals surface area contributed by atoms with Gasteiger partial charge in [0.2, 0.25) is 0 Å². The second-order valence-corrected chi connectivity index (χ2v) is 6.65. The summed E-state index contributed by atoms with van der Waals surface area (Å²) in [6.07, 6.45) is 3.68. The number of aliphatic imine (C=N–C) groups is 1. The van der Waals surface area contributed by atoms with Crippen molar-refractivity contribution in [3.8, 4) is 0 Å². The monoisotopic (exact) mass is 338 g/mol. The lowest BCUT2D eigenvalue weighted by molar-refractivity contribution is -0.119. The Bertz CT molecular complexity index is 824. The minimum atomic E-state index is -0.262. The Morgan fingerprint density at radius 3 is 2.88 bits per heavy atom. The minimum absolute atomic E-state index is 0.209. The molecule has 0 N–H and O–H groups in total. The first-order valence-electron chi connectivity index (χ1n) is 8.57. The molecule has 25 heavy (non-hydrogen) atoms. The van der Waals surface area contributed by atoms with Gasteiger partial charge in [0.05, 0.1) is 12.3 Å². The molecule has 0 amide bonds. The normalized spacial score (nSPS) is 18.9. The molecule has 1 atom stereocenters. The Kier molecular flexibility index (Phi) is 4.40. The van der Waals surface area contributed by atoms with Gasteiger partial charge >= 0.3 is 0 Å². The van der Waals surface area contributed by atoms with E-state index in [-0.39, 0.29) is 11.6 Å². The van der Waals surface area contributed by atoms with Crippen LogP contribution in [0, 0.1) is 11.7 Å². The number of aromatic nitrogens is 1. The average molecular weight is 338 g/mol. The lowest BCUT2D eigenvalue weighted by atomic mass is 9.98. The number of benzene rings is 1. The largest absolute Gasteiger partial charge is 0.381 e. The SMILES string of the molecule is O=C(Cc1cc2c(cn1)C(c1ccc(F)cc1)=NC2)CC1CCOC1. The second kappa shape index (κ2) is 6.84. The fourth-order valence-corrected chi connectivity index (χ4v) is 3.43. The zero-order chi connectivity index (χ0) is 17.2. The first-order valence-corrected chi connectivity index (χ1v) is 8.57. The molecule has 1 saturated heterocycles. The number of halogens is 1. The molecule has 128 valence electrons. The van der Waals surface area contributed by atoms with E-state index in [2.05, 4.69) is 9.98 Å². The van der Waals surface area contributed by atoms with Gasteiger partial charge in [-0.05, 0) is 48.2 Å². The van der Waals surface area contributed by atoms with Gasteiger partial charge in [0.15, 0.2) is 0 Å². The van der Waals surface area contributed by atoms with Crippen molar-refractivity contribution in [3.63, 3.8) is 0 Å². The molecule has 0 radical (unpaired) electrons. The predicted molar refractivity (Wildman–Crippen MR) is 92.2 cm³/mol. The summed E-state index contributed by atoms with van der Waals surface area (Å²) in [6.45, 7) is 2.03. The molecule has 4 rings (SSSR count). The van der Waals surface area contributed by atoms with Crippen molar-refractivity contribution in [1.29, 1.82) is 0 Å². The van der Waals surface area contributed by atoms with Gasteiger partial charge in [-0.1, -0.05) is 0 Å². The maximum Gasteiger partial charge on any atom is 0.139 e. The topological polar surface area (TPSA) is 51.5 Å².